The molecule has 0 unspecified atom stereocenters. The van der Waals surface area contributed by atoms with Gasteiger partial charge in [-0.25, -0.2) is 4.39 Å². The molecule has 0 aliphatic rings. The molecule has 1 aromatic heterocycles. The maximum atomic E-state index is 12.9. The number of hydrogen-bond donors (Lipinski definition) is 1. The molecule has 0 bridgehead atoms. The van der Waals surface area contributed by atoms with E-state index in [0.29, 0.717) is 5.69 Å². The zero-order chi connectivity index (χ0) is 12.4. The molecule has 2 rings (SSSR count). The molecule has 0 aliphatic carbocycles. The third-order valence-corrected chi connectivity index (χ3v) is 2.36. The van der Waals surface area contributed by atoms with Crippen LogP contribution in [0, 0.1) is 5.82 Å². The van der Waals surface area contributed by atoms with Crippen LogP contribution >= 0.6 is 11.6 Å². The molecule has 0 aliphatic heterocycles. The summed E-state index contributed by atoms with van der Waals surface area (Å²) in [5.74, 6) is -0.892. The molecule has 4 nitrogen and oxygen atoms in total. The first-order valence-electron chi connectivity index (χ1n) is 4.82. The van der Waals surface area contributed by atoms with Gasteiger partial charge < -0.3 is 5.32 Å². The Hall–Kier alpha value is -1.88. The van der Waals surface area contributed by atoms with Crippen LogP contribution in [0.25, 0.3) is 0 Å². The molecule has 0 spiro atoms. The predicted molar refractivity (Wildman–Crippen MR) is 62.6 cm³/mol. The van der Waals surface area contributed by atoms with Crippen molar-refractivity contribution >= 4 is 23.2 Å². The fourth-order valence-corrected chi connectivity index (χ4v) is 1.63. The molecule has 0 saturated carbocycles. The number of aryl methyl sites for hydroxylation is 1. The lowest BCUT2D eigenvalue weighted by atomic mass is 10.3. The molecule has 0 fully saturated rings. The number of aromatic nitrogens is 2. The summed E-state index contributed by atoms with van der Waals surface area (Å²) in [7, 11) is 1.66. The van der Waals surface area contributed by atoms with Crippen LogP contribution in [0.2, 0.25) is 5.02 Å². The SMILES string of the molecule is Cn1cc(Cl)c(C(=O)Nc2cccc(F)c2)n1. The molecule has 1 heterocycles. The smallest absolute Gasteiger partial charge is 0.277 e. The van der Waals surface area contributed by atoms with E-state index in [1.807, 2.05) is 0 Å². The summed E-state index contributed by atoms with van der Waals surface area (Å²) in [6.45, 7) is 0. The molecule has 1 N–H and O–H groups in total. The molecular weight excluding hydrogens is 245 g/mol. The van der Waals surface area contributed by atoms with Gasteiger partial charge in [0.05, 0.1) is 5.02 Å². The Morgan fingerprint density at radius 2 is 2.29 bits per heavy atom. The van der Waals surface area contributed by atoms with Gasteiger partial charge >= 0.3 is 0 Å². The maximum Gasteiger partial charge on any atom is 0.277 e. The molecule has 0 saturated heterocycles. The summed E-state index contributed by atoms with van der Waals surface area (Å²) in [6, 6.07) is 5.60. The third kappa shape index (κ3) is 2.62. The van der Waals surface area contributed by atoms with Crippen molar-refractivity contribution in [2.24, 2.45) is 7.05 Å². The summed E-state index contributed by atoms with van der Waals surface area (Å²) in [5.41, 5.74) is 0.468. The van der Waals surface area contributed by atoms with E-state index >= 15 is 0 Å². The van der Waals surface area contributed by atoms with E-state index < -0.39 is 11.7 Å². The highest BCUT2D eigenvalue weighted by Gasteiger charge is 2.14. The Morgan fingerprint density at radius 1 is 1.53 bits per heavy atom. The third-order valence-electron chi connectivity index (χ3n) is 2.08. The number of anilines is 1. The van der Waals surface area contributed by atoms with Gasteiger partial charge in [-0.3, -0.25) is 9.48 Å². The summed E-state index contributed by atoms with van der Waals surface area (Å²) in [5, 5.41) is 6.67. The van der Waals surface area contributed by atoms with Crippen LogP contribution in [-0.4, -0.2) is 15.7 Å². The Bertz CT molecular complexity index is 568. The van der Waals surface area contributed by atoms with Crippen LogP contribution in [-0.2, 0) is 7.05 Å². The number of nitrogens with one attached hydrogen (secondary N) is 1. The maximum absolute atomic E-state index is 12.9. The predicted octanol–water partition coefficient (Wildman–Crippen LogP) is 2.46. The molecule has 1 amide bonds. The van der Waals surface area contributed by atoms with Crippen molar-refractivity contribution in [3.63, 3.8) is 0 Å². The van der Waals surface area contributed by atoms with E-state index in [-0.39, 0.29) is 10.7 Å². The number of carbonyl (C=O) groups excluding carboxylic acids is 1. The van der Waals surface area contributed by atoms with Crippen LogP contribution in [0.1, 0.15) is 10.5 Å². The molecule has 2 aromatic rings. The van der Waals surface area contributed by atoms with E-state index in [2.05, 4.69) is 10.4 Å². The highest BCUT2D eigenvalue weighted by atomic mass is 35.5. The first-order chi connectivity index (χ1) is 8.06. The lowest BCUT2D eigenvalue weighted by molar-refractivity contribution is 0.102. The average Bonchev–Trinajstić information content (AvgIpc) is 2.58. The van der Waals surface area contributed by atoms with Gasteiger partial charge in [0.2, 0.25) is 0 Å². The standard InChI is InChI=1S/C11H9ClFN3O/c1-16-6-9(12)10(15-16)11(17)14-8-4-2-3-7(13)5-8/h2-6H,1H3,(H,14,17). The van der Waals surface area contributed by atoms with E-state index in [9.17, 15) is 9.18 Å². The van der Waals surface area contributed by atoms with Crippen molar-refractivity contribution in [3.05, 3.63) is 47.0 Å². The quantitative estimate of drug-likeness (QED) is 0.894. The largest absolute Gasteiger partial charge is 0.320 e. The minimum Gasteiger partial charge on any atom is -0.320 e. The topological polar surface area (TPSA) is 46.9 Å². The summed E-state index contributed by atoms with van der Waals surface area (Å²) in [4.78, 5) is 11.8. The van der Waals surface area contributed by atoms with Crippen molar-refractivity contribution in [2.75, 3.05) is 5.32 Å². The highest BCUT2D eigenvalue weighted by molar-refractivity contribution is 6.34. The number of benzene rings is 1. The second-order valence-electron chi connectivity index (χ2n) is 3.46. The Balaban J connectivity index is 2.20. The molecule has 6 heteroatoms. The fourth-order valence-electron chi connectivity index (χ4n) is 1.37. The Kier molecular flexibility index (Phi) is 3.10. The van der Waals surface area contributed by atoms with Crippen LogP contribution < -0.4 is 5.32 Å². The van der Waals surface area contributed by atoms with Crippen molar-refractivity contribution in [3.8, 4) is 0 Å². The second-order valence-corrected chi connectivity index (χ2v) is 3.87. The van der Waals surface area contributed by atoms with Gasteiger partial charge in [-0.2, -0.15) is 5.10 Å². The number of hydrogen-bond acceptors (Lipinski definition) is 2. The second kappa shape index (κ2) is 4.55. The normalized spacial score (nSPS) is 10.3. The van der Waals surface area contributed by atoms with Gasteiger partial charge in [-0.15, -0.1) is 0 Å². The van der Waals surface area contributed by atoms with E-state index in [0.717, 1.165) is 0 Å². The van der Waals surface area contributed by atoms with Crippen molar-refractivity contribution in [2.45, 2.75) is 0 Å². The number of nitrogens with zero attached hydrogens (tertiary/aromatic N) is 2. The molecule has 0 atom stereocenters. The van der Waals surface area contributed by atoms with Gasteiger partial charge in [-0.05, 0) is 18.2 Å². The Morgan fingerprint density at radius 3 is 2.88 bits per heavy atom. The minimum absolute atomic E-state index is 0.110. The number of amides is 1. The van der Waals surface area contributed by atoms with E-state index in [4.69, 9.17) is 11.6 Å². The number of carbonyl (C=O) groups is 1. The monoisotopic (exact) mass is 253 g/mol. The summed E-state index contributed by atoms with van der Waals surface area (Å²) >= 11 is 5.82. The van der Waals surface area contributed by atoms with Gasteiger partial charge in [0.1, 0.15) is 5.82 Å². The highest BCUT2D eigenvalue weighted by Crippen LogP contribution is 2.16. The summed E-state index contributed by atoms with van der Waals surface area (Å²) < 4.78 is 14.3. The molecule has 88 valence electrons. The van der Waals surface area contributed by atoms with E-state index in [1.54, 1.807) is 13.1 Å². The van der Waals surface area contributed by atoms with Crippen LogP contribution in [0.15, 0.2) is 30.5 Å². The lowest BCUT2D eigenvalue weighted by Crippen LogP contribution is -2.13. The van der Waals surface area contributed by atoms with Crippen molar-refractivity contribution in [1.29, 1.82) is 0 Å². The van der Waals surface area contributed by atoms with Gasteiger partial charge in [0, 0.05) is 18.9 Å². The lowest BCUT2D eigenvalue weighted by Gasteiger charge is -2.03. The zero-order valence-electron chi connectivity index (χ0n) is 8.95. The van der Waals surface area contributed by atoms with Gasteiger partial charge in [0.25, 0.3) is 5.91 Å². The molecule has 17 heavy (non-hydrogen) atoms. The average molecular weight is 254 g/mol. The van der Waals surface area contributed by atoms with Crippen molar-refractivity contribution in [1.82, 2.24) is 9.78 Å². The first-order valence-corrected chi connectivity index (χ1v) is 5.20. The minimum atomic E-state index is -0.471. The fraction of sp³-hybridized carbons (Fsp3) is 0.0909. The van der Waals surface area contributed by atoms with Gasteiger partial charge in [-0.1, -0.05) is 17.7 Å². The van der Waals surface area contributed by atoms with Crippen LogP contribution in [0.4, 0.5) is 10.1 Å². The van der Waals surface area contributed by atoms with Gasteiger partial charge in [0.15, 0.2) is 5.69 Å². The summed E-state index contributed by atoms with van der Waals surface area (Å²) in [6.07, 6.45) is 1.52. The number of halogens is 2. The van der Waals surface area contributed by atoms with Crippen LogP contribution in [0.5, 0.6) is 0 Å². The Labute approximate surface area is 102 Å². The van der Waals surface area contributed by atoms with Crippen LogP contribution in [0.3, 0.4) is 0 Å². The zero-order valence-corrected chi connectivity index (χ0v) is 9.70. The molecule has 1 aromatic carbocycles. The number of rotatable bonds is 2. The molecule has 0 radical (unpaired) electrons. The first kappa shape index (κ1) is 11.6. The molecular formula is C11H9ClFN3O. The van der Waals surface area contributed by atoms with Crippen molar-refractivity contribution < 1.29 is 9.18 Å². The van der Waals surface area contributed by atoms with E-state index in [1.165, 1.54) is 29.1 Å².